The zero-order chi connectivity index (χ0) is 26.1. The van der Waals surface area contributed by atoms with Crippen LogP contribution in [-0.4, -0.2) is 66.2 Å². The fourth-order valence-corrected chi connectivity index (χ4v) is 7.17. The number of likely N-dealkylation sites (tertiary alicyclic amines) is 1. The summed E-state index contributed by atoms with van der Waals surface area (Å²) in [5, 5.41) is 5.72. The molecule has 1 heterocycles. The van der Waals surface area contributed by atoms with Crippen LogP contribution in [0.25, 0.3) is 0 Å². The average molecular weight is 502 g/mol. The van der Waals surface area contributed by atoms with Crippen molar-refractivity contribution in [2.24, 2.45) is 16.2 Å². The molecule has 198 valence electrons. The number of ether oxygens (including phenoxy) is 2. The molecule has 3 amide bonds. The molecular formula is C27H39N3O6. The number of methoxy groups -OCH3 is 1. The van der Waals surface area contributed by atoms with E-state index in [1.54, 1.807) is 0 Å². The van der Waals surface area contributed by atoms with Gasteiger partial charge in [0.15, 0.2) is 0 Å². The van der Waals surface area contributed by atoms with Gasteiger partial charge in [-0.2, -0.15) is 0 Å². The molecule has 0 bridgehead atoms. The van der Waals surface area contributed by atoms with E-state index >= 15 is 0 Å². The van der Waals surface area contributed by atoms with Crippen LogP contribution in [0.2, 0.25) is 0 Å². The summed E-state index contributed by atoms with van der Waals surface area (Å²) in [7, 11) is 1.30. The molecule has 2 N–H and O–H groups in total. The van der Waals surface area contributed by atoms with Gasteiger partial charge in [-0.15, -0.1) is 0 Å². The largest absolute Gasteiger partial charge is 0.467 e. The van der Waals surface area contributed by atoms with E-state index < -0.39 is 35.1 Å². The minimum Gasteiger partial charge on any atom is -0.467 e. The molecule has 4 saturated carbocycles. The molecule has 1 aliphatic heterocycles. The molecule has 0 aromatic heterocycles. The van der Waals surface area contributed by atoms with Crippen molar-refractivity contribution < 1.29 is 28.7 Å². The third-order valence-corrected chi connectivity index (χ3v) is 9.35. The van der Waals surface area contributed by atoms with Crippen LogP contribution in [0.5, 0.6) is 0 Å². The van der Waals surface area contributed by atoms with Gasteiger partial charge in [-0.1, -0.05) is 32.9 Å². The van der Waals surface area contributed by atoms with Crippen LogP contribution in [0, 0.1) is 16.2 Å². The summed E-state index contributed by atoms with van der Waals surface area (Å²) in [6.07, 6.45) is 6.28. The molecule has 0 aromatic rings. The van der Waals surface area contributed by atoms with Gasteiger partial charge >= 0.3 is 12.1 Å². The van der Waals surface area contributed by atoms with Crippen LogP contribution < -0.4 is 10.6 Å². The maximum atomic E-state index is 13.7. The molecule has 3 atom stereocenters. The molecular weight excluding hydrogens is 462 g/mol. The monoisotopic (exact) mass is 501 g/mol. The van der Waals surface area contributed by atoms with Gasteiger partial charge in [0, 0.05) is 13.0 Å². The Kier molecular flexibility index (Phi) is 5.72. The molecule has 5 aliphatic rings. The molecule has 5 fully saturated rings. The zero-order valence-electron chi connectivity index (χ0n) is 21.9. The van der Waals surface area contributed by atoms with E-state index in [4.69, 9.17) is 9.47 Å². The van der Waals surface area contributed by atoms with E-state index in [0.717, 1.165) is 18.4 Å². The molecule has 5 rings (SSSR count). The van der Waals surface area contributed by atoms with Crippen molar-refractivity contribution in [1.29, 1.82) is 0 Å². The van der Waals surface area contributed by atoms with Crippen LogP contribution in [-0.2, 0) is 23.9 Å². The highest BCUT2D eigenvalue weighted by atomic mass is 16.6. The SMILES string of the molecule is C=C1CCC(NC(=O)[C@@H]2CCCN2C(=O)[C@@H](NC(=O)OC2CC34CC3(C2)C4)C(C)(C)C)(C(=O)OC)C1. The molecule has 0 aromatic carbocycles. The van der Waals surface area contributed by atoms with Gasteiger partial charge in [0.05, 0.1) is 7.11 Å². The Labute approximate surface area is 212 Å². The topological polar surface area (TPSA) is 114 Å². The Morgan fingerprint density at radius 3 is 2.36 bits per heavy atom. The number of hydrogen-bond donors (Lipinski definition) is 2. The second kappa shape index (κ2) is 8.21. The van der Waals surface area contributed by atoms with E-state index in [1.807, 2.05) is 20.8 Å². The van der Waals surface area contributed by atoms with Crippen LogP contribution in [0.4, 0.5) is 4.79 Å². The predicted molar refractivity (Wildman–Crippen MR) is 131 cm³/mol. The van der Waals surface area contributed by atoms with Gasteiger partial charge < -0.3 is 25.0 Å². The number of nitrogens with zero attached hydrogens (tertiary/aromatic N) is 1. The fraction of sp³-hybridized carbons (Fsp3) is 0.778. The third-order valence-electron chi connectivity index (χ3n) is 9.35. The quantitative estimate of drug-likeness (QED) is 0.427. The maximum absolute atomic E-state index is 13.7. The number of hydrogen-bond acceptors (Lipinski definition) is 6. The Morgan fingerprint density at radius 1 is 1.14 bits per heavy atom. The summed E-state index contributed by atoms with van der Waals surface area (Å²) in [6.45, 7) is 10.0. The molecule has 0 spiro atoms. The van der Waals surface area contributed by atoms with E-state index in [-0.39, 0.29) is 17.9 Å². The lowest BCUT2D eigenvalue weighted by molar-refractivity contribution is -0.152. The van der Waals surface area contributed by atoms with Crippen molar-refractivity contribution in [3.8, 4) is 0 Å². The summed E-state index contributed by atoms with van der Waals surface area (Å²) in [5.74, 6) is -1.18. The lowest BCUT2D eigenvalue weighted by Crippen LogP contribution is -2.61. The van der Waals surface area contributed by atoms with Crippen molar-refractivity contribution in [2.45, 2.75) is 102 Å². The third kappa shape index (κ3) is 4.08. The number of alkyl carbamates (subject to hydrolysis) is 1. The molecule has 9 heteroatoms. The van der Waals surface area contributed by atoms with Crippen molar-refractivity contribution in [1.82, 2.24) is 15.5 Å². The highest BCUT2D eigenvalue weighted by molar-refractivity contribution is 5.95. The number of nitrogens with one attached hydrogen (secondary N) is 2. The van der Waals surface area contributed by atoms with Crippen molar-refractivity contribution in [3.05, 3.63) is 12.2 Å². The summed E-state index contributed by atoms with van der Waals surface area (Å²) in [6, 6.07) is -1.57. The van der Waals surface area contributed by atoms with Gasteiger partial charge in [0.2, 0.25) is 11.8 Å². The highest BCUT2D eigenvalue weighted by Gasteiger charge is 2.86. The number of carbonyl (C=O) groups is 4. The van der Waals surface area contributed by atoms with Crippen LogP contribution >= 0.6 is 0 Å². The Morgan fingerprint density at radius 2 is 1.81 bits per heavy atom. The Bertz CT molecular complexity index is 993. The maximum Gasteiger partial charge on any atom is 0.408 e. The molecule has 9 nitrogen and oxygen atoms in total. The first-order valence-electron chi connectivity index (χ1n) is 13.2. The first-order chi connectivity index (χ1) is 16.8. The lowest BCUT2D eigenvalue weighted by atomic mass is 9.85. The van der Waals surface area contributed by atoms with E-state index in [1.165, 1.54) is 24.9 Å². The second-order valence-corrected chi connectivity index (χ2v) is 13.0. The fourth-order valence-electron chi connectivity index (χ4n) is 7.17. The number of carbonyl (C=O) groups excluding carboxylic acids is 4. The van der Waals surface area contributed by atoms with Gasteiger partial charge in [0.25, 0.3) is 0 Å². The highest BCUT2D eigenvalue weighted by Crippen LogP contribution is 2.93. The molecule has 1 unspecified atom stereocenters. The van der Waals surface area contributed by atoms with Gasteiger partial charge in [-0.3, -0.25) is 9.59 Å². The average Bonchev–Trinajstić information content (AvgIpc) is 3.26. The van der Waals surface area contributed by atoms with E-state index in [2.05, 4.69) is 17.2 Å². The molecule has 1 saturated heterocycles. The normalized spacial score (nSPS) is 37.0. The minimum atomic E-state index is -1.15. The van der Waals surface area contributed by atoms with Gasteiger partial charge in [-0.05, 0) is 67.6 Å². The smallest absolute Gasteiger partial charge is 0.408 e. The predicted octanol–water partition coefficient (Wildman–Crippen LogP) is 2.83. The van der Waals surface area contributed by atoms with Crippen molar-refractivity contribution in [3.63, 3.8) is 0 Å². The summed E-state index contributed by atoms with van der Waals surface area (Å²) >= 11 is 0. The first kappa shape index (κ1) is 25.1. The number of rotatable bonds is 6. The van der Waals surface area contributed by atoms with Crippen LogP contribution in [0.15, 0.2) is 12.2 Å². The first-order valence-corrected chi connectivity index (χ1v) is 13.2. The van der Waals surface area contributed by atoms with Gasteiger partial charge in [0.1, 0.15) is 23.7 Å². The Balaban J connectivity index is 1.24. The van der Waals surface area contributed by atoms with E-state index in [0.29, 0.717) is 49.5 Å². The van der Waals surface area contributed by atoms with Crippen molar-refractivity contribution in [2.75, 3.05) is 13.7 Å². The second-order valence-electron chi connectivity index (χ2n) is 13.0. The standard InChI is InChI=1S/C27H39N3O6/c1-16-8-9-27(11-16,22(33)35-5)29-20(31)18-7-6-10-30(18)21(32)19(24(2,3)4)28-23(34)36-17-12-25-14-26(25,13-17)15-25/h17-19H,1,6-15H2,2-5H3,(H,28,34)(H,29,31)/t17?,18-,19+,25?,26?,27?/m0/s1. The van der Waals surface area contributed by atoms with Crippen LogP contribution in [0.3, 0.4) is 0 Å². The lowest BCUT2D eigenvalue weighted by Gasteiger charge is -2.36. The summed E-state index contributed by atoms with van der Waals surface area (Å²) < 4.78 is 10.7. The minimum absolute atomic E-state index is 0.0794. The zero-order valence-corrected chi connectivity index (χ0v) is 21.9. The summed E-state index contributed by atoms with van der Waals surface area (Å²) in [4.78, 5) is 54.0. The molecule has 4 aliphatic carbocycles. The Hall–Kier alpha value is -2.58. The van der Waals surface area contributed by atoms with Gasteiger partial charge in [-0.25, -0.2) is 9.59 Å². The molecule has 0 radical (unpaired) electrons. The summed E-state index contributed by atoms with van der Waals surface area (Å²) in [5.41, 5.74) is 0.0359. The van der Waals surface area contributed by atoms with Crippen molar-refractivity contribution >= 4 is 23.9 Å². The number of amides is 3. The molecule has 36 heavy (non-hydrogen) atoms. The number of esters is 1. The van der Waals surface area contributed by atoms with Crippen LogP contribution in [0.1, 0.15) is 78.6 Å². The van der Waals surface area contributed by atoms with E-state index in [9.17, 15) is 19.2 Å².